The van der Waals surface area contributed by atoms with Crippen LogP contribution in [0.4, 0.5) is 0 Å². The lowest BCUT2D eigenvalue weighted by molar-refractivity contribution is 0.0643. The maximum atomic E-state index is 1.64. The van der Waals surface area contributed by atoms with E-state index in [0.717, 1.165) is 17.8 Å². The normalized spacial score (nSPS) is 53.6. The summed E-state index contributed by atoms with van der Waals surface area (Å²) >= 11 is 0. The van der Waals surface area contributed by atoms with Gasteiger partial charge >= 0.3 is 0 Å². The molecule has 5 fully saturated rings. The minimum atomic E-state index is 1.13. The highest BCUT2D eigenvalue weighted by Crippen LogP contribution is 2.56. The van der Waals surface area contributed by atoms with Gasteiger partial charge in [0.2, 0.25) is 0 Å². The Labute approximate surface area is 107 Å². The van der Waals surface area contributed by atoms with Crippen LogP contribution in [-0.2, 0) is 0 Å². The van der Waals surface area contributed by atoms with Crippen LogP contribution in [0.1, 0.15) is 70.6 Å². The lowest BCUT2D eigenvalue weighted by atomic mass is 9.62. The van der Waals surface area contributed by atoms with Gasteiger partial charge in [-0.25, -0.2) is 0 Å². The lowest BCUT2D eigenvalue weighted by Crippen LogP contribution is -2.34. The molecule has 0 aromatic heterocycles. The van der Waals surface area contributed by atoms with Gasteiger partial charge in [0, 0.05) is 0 Å². The first-order valence-electron chi connectivity index (χ1n) is 8.40. The van der Waals surface area contributed by atoms with Gasteiger partial charge in [-0.3, -0.25) is 0 Å². The average molecular weight is 232 g/mol. The van der Waals surface area contributed by atoms with Crippen molar-refractivity contribution in [2.75, 3.05) is 0 Å². The highest BCUT2D eigenvalue weighted by Gasteiger charge is 2.46. The van der Waals surface area contributed by atoms with Gasteiger partial charge in [-0.15, -0.1) is 0 Å². The quantitative estimate of drug-likeness (QED) is 0.595. The Hall–Kier alpha value is 0. The van der Waals surface area contributed by atoms with Gasteiger partial charge in [0.15, 0.2) is 0 Å². The minimum absolute atomic E-state index is 1.13. The summed E-state index contributed by atoms with van der Waals surface area (Å²) in [5, 5.41) is 0. The molecule has 5 rings (SSSR count). The standard InChI is InChI=1S/C17H28/c1-2-4-14-7-5-12(3-1)10-16(14)17-11-13-6-8-15(17)9-13/h12-17H,1-11H2. The Balaban J connectivity index is 1.52. The van der Waals surface area contributed by atoms with Crippen molar-refractivity contribution in [3.05, 3.63) is 0 Å². The molecule has 0 aliphatic heterocycles. The van der Waals surface area contributed by atoms with E-state index in [-0.39, 0.29) is 0 Å². The Morgan fingerprint density at radius 2 is 1.18 bits per heavy atom. The summed E-state index contributed by atoms with van der Waals surface area (Å²) in [5.74, 6) is 6.97. The molecule has 5 aliphatic carbocycles. The summed E-state index contributed by atoms with van der Waals surface area (Å²) < 4.78 is 0. The van der Waals surface area contributed by atoms with Crippen molar-refractivity contribution in [1.29, 1.82) is 0 Å². The summed E-state index contributed by atoms with van der Waals surface area (Å²) in [6, 6.07) is 0. The molecule has 0 heterocycles. The van der Waals surface area contributed by atoms with Gasteiger partial charge in [-0.05, 0) is 67.6 Å². The molecule has 0 aromatic carbocycles. The van der Waals surface area contributed by atoms with E-state index in [2.05, 4.69) is 0 Å². The zero-order valence-corrected chi connectivity index (χ0v) is 11.2. The van der Waals surface area contributed by atoms with E-state index >= 15 is 0 Å². The molecule has 0 amide bonds. The molecule has 6 unspecified atom stereocenters. The van der Waals surface area contributed by atoms with Gasteiger partial charge in [-0.1, -0.05) is 38.5 Å². The van der Waals surface area contributed by atoms with E-state index in [1.807, 2.05) is 0 Å². The smallest absolute Gasteiger partial charge is 0.0352 e. The average Bonchev–Trinajstić information content (AvgIpc) is 2.91. The Morgan fingerprint density at radius 1 is 0.471 bits per heavy atom. The number of hydrogen-bond donors (Lipinski definition) is 0. The highest BCUT2D eigenvalue weighted by molar-refractivity contribution is 4.96. The third-order valence-corrected chi connectivity index (χ3v) is 6.94. The highest BCUT2D eigenvalue weighted by atomic mass is 14.5. The van der Waals surface area contributed by atoms with Crippen LogP contribution in [0.15, 0.2) is 0 Å². The monoisotopic (exact) mass is 232 g/mol. The van der Waals surface area contributed by atoms with Gasteiger partial charge in [0.1, 0.15) is 0 Å². The molecule has 6 atom stereocenters. The van der Waals surface area contributed by atoms with E-state index in [1.165, 1.54) is 17.8 Å². The number of fused-ring (bicyclic) bond motifs is 7. The third-order valence-electron chi connectivity index (χ3n) is 6.94. The van der Waals surface area contributed by atoms with E-state index in [1.54, 1.807) is 70.6 Å². The molecule has 0 heteroatoms. The van der Waals surface area contributed by atoms with Gasteiger partial charge in [0.05, 0.1) is 0 Å². The van der Waals surface area contributed by atoms with Crippen LogP contribution in [0.5, 0.6) is 0 Å². The zero-order valence-electron chi connectivity index (χ0n) is 11.2. The van der Waals surface area contributed by atoms with Crippen LogP contribution in [0.3, 0.4) is 0 Å². The van der Waals surface area contributed by atoms with Crippen molar-refractivity contribution < 1.29 is 0 Å². The molecule has 0 nitrogen and oxygen atoms in total. The van der Waals surface area contributed by atoms with Crippen LogP contribution in [0.2, 0.25) is 0 Å². The molecule has 0 spiro atoms. The van der Waals surface area contributed by atoms with Crippen molar-refractivity contribution in [1.82, 2.24) is 0 Å². The SMILES string of the molecule is C1CCC2CCC(C1)CC2C1CC2CCC1C2. The zero-order chi connectivity index (χ0) is 11.2. The fourth-order valence-corrected chi connectivity index (χ4v) is 6.16. The van der Waals surface area contributed by atoms with E-state index in [9.17, 15) is 0 Å². The first kappa shape index (κ1) is 10.9. The second-order valence-electron chi connectivity index (χ2n) is 7.73. The molecule has 0 N–H and O–H groups in total. The van der Waals surface area contributed by atoms with Gasteiger partial charge < -0.3 is 0 Å². The molecule has 0 aromatic rings. The summed E-state index contributed by atoms with van der Waals surface area (Å²) in [7, 11) is 0. The first-order valence-corrected chi connectivity index (χ1v) is 8.40. The van der Waals surface area contributed by atoms with Crippen LogP contribution in [0.25, 0.3) is 0 Å². The Kier molecular flexibility index (Phi) is 2.74. The second kappa shape index (κ2) is 4.28. The Morgan fingerprint density at radius 3 is 2.00 bits per heavy atom. The summed E-state index contributed by atoms with van der Waals surface area (Å²) in [5.41, 5.74) is 0. The predicted octanol–water partition coefficient (Wildman–Crippen LogP) is 5.03. The molecule has 5 saturated carbocycles. The maximum absolute atomic E-state index is 1.64. The molecule has 0 saturated heterocycles. The Bertz CT molecular complexity index is 278. The van der Waals surface area contributed by atoms with E-state index in [0.29, 0.717) is 0 Å². The molecule has 0 radical (unpaired) electrons. The fraction of sp³-hybridized carbons (Fsp3) is 1.00. The van der Waals surface area contributed by atoms with Crippen molar-refractivity contribution >= 4 is 0 Å². The molecule has 96 valence electrons. The van der Waals surface area contributed by atoms with Crippen molar-refractivity contribution in [3.8, 4) is 0 Å². The lowest BCUT2D eigenvalue weighted by Gasteiger charge is -2.44. The molecule has 5 aliphatic rings. The largest absolute Gasteiger partial charge is 0.0530 e. The van der Waals surface area contributed by atoms with Crippen molar-refractivity contribution in [2.24, 2.45) is 35.5 Å². The number of hydrogen-bond acceptors (Lipinski definition) is 0. The molecule has 4 bridgehead atoms. The van der Waals surface area contributed by atoms with Gasteiger partial charge in [0.25, 0.3) is 0 Å². The molecule has 17 heavy (non-hydrogen) atoms. The number of rotatable bonds is 1. The first-order chi connectivity index (χ1) is 8.40. The predicted molar refractivity (Wildman–Crippen MR) is 71.7 cm³/mol. The van der Waals surface area contributed by atoms with Crippen LogP contribution in [0, 0.1) is 35.5 Å². The summed E-state index contributed by atoms with van der Waals surface area (Å²) in [6.07, 6.45) is 17.5. The van der Waals surface area contributed by atoms with Gasteiger partial charge in [-0.2, -0.15) is 0 Å². The van der Waals surface area contributed by atoms with Crippen LogP contribution >= 0.6 is 0 Å². The topological polar surface area (TPSA) is 0 Å². The fourth-order valence-electron chi connectivity index (χ4n) is 6.16. The molecular weight excluding hydrogens is 204 g/mol. The molecular formula is C17H28. The van der Waals surface area contributed by atoms with Crippen LogP contribution < -0.4 is 0 Å². The second-order valence-corrected chi connectivity index (χ2v) is 7.73. The van der Waals surface area contributed by atoms with Crippen molar-refractivity contribution in [3.63, 3.8) is 0 Å². The summed E-state index contributed by atoms with van der Waals surface area (Å²) in [4.78, 5) is 0. The third kappa shape index (κ3) is 1.87. The minimum Gasteiger partial charge on any atom is -0.0530 e. The summed E-state index contributed by atoms with van der Waals surface area (Å²) in [6.45, 7) is 0. The van der Waals surface area contributed by atoms with Crippen LogP contribution in [-0.4, -0.2) is 0 Å². The maximum Gasteiger partial charge on any atom is -0.0352 e. The van der Waals surface area contributed by atoms with E-state index < -0.39 is 0 Å². The van der Waals surface area contributed by atoms with Crippen molar-refractivity contribution in [2.45, 2.75) is 70.6 Å². The van der Waals surface area contributed by atoms with E-state index in [4.69, 9.17) is 0 Å².